The highest BCUT2D eigenvalue weighted by Crippen LogP contribution is 1.77. The molecule has 0 unspecified atom stereocenters. The van der Waals surface area contributed by atoms with E-state index >= 15 is 0 Å². The molecule has 0 fully saturated rings. The molecule has 0 aromatic rings. The normalized spacial score (nSPS) is 7.67. The second-order valence-corrected chi connectivity index (χ2v) is 1.18. The predicted octanol–water partition coefficient (Wildman–Crippen LogP) is -0.202. The van der Waals surface area contributed by atoms with Gasteiger partial charge in [0.15, 0.2) is 0 Å². The van der Waals surface area contributed by atoms with Crippen molar-refractivity contribution >= 4 is 21.9 Å². The molecule has 0 aliphatic heterocycles. The Morgan fingerprint density at radius 2 is 2.50 bits per heavy atom. The van der Waals surface area contributed by atoms with E-state index in [4.69, 9.17) is 0 Å². The van der Waals surface area contributed by atoms with Crippen LogP contribution in [0, 0.1) is 0 Å². The van der Waals surface area contributed by atoms with Gasteiger partial charge in [0.05, 0.1) is 0 Å². The molecule has 0 saturated carbocycles. The molecule has 0 aliphatic rings. The molecule has 0 aromatic heterocycles. The quantitative estimate of drug-likeness (QED) is 0.420. The molecule has 0 rings (SSSR count). The molecule has 0 spiro atoms. The van der Waals surface area contributed by atoms with Crippen molar-refractivity contribution in [3.05, 3.63) is 0 Å². The van der Waals surface area contributed by atoms with E-state index in [1.165, 1.54) is 0 Å². The van der Waals surface area contributed by atoms with Gasteiger partial charge in [-0.05, 0) is 0 Å². The zero-order valence-corrected chi connectivity index (χ0v) is 4.56. The van der Waals surface area contributed by atoms with Crippen molar-refractivity contribution in [2.24, 2.45) is 5.90 Å². The first kappa shape index (κ1) is 5.91. The first-order chi connectivity index (χ1) is 2.81. The van der Waals surface area contributed by atoms with E-state index in [-0.39, 0.29) is 5.33 Å². The van der Waals surface area contributed by atoms with Crippen molar-refractivity contribution in [2.75, 3.05) is 5.33 Å². The van der Waals surface area contributed by atoms with Gasteiger partial charge in [-0.3, -0.25) is 0 Å². The minimum atomic E-state index is -0.463. The zero-order chi connectivity index (χ0) is 4.99. The van der Waals surface area contributed by atoms with Gasteiger partial charge in [0.1, 0.15) is 5.33 Å². The van der Waals surface area contributed by atoms with Crippen LogP contribution >= 0.6 is 15.9 Å². The molecule has 36 valence electrons. The summed E-state index contributed by atoms with van der Waals surface area (Å²) < 4.78 is 0. The number of hydrogen-bond acceptors (Lipinski definition) is 3. The van der Waals surface area contributed by atoms with E-state index < -0.39 is 5.97 Å². The number of alkyl halides is 1. The lowest BCUT2D eigenvalue weighted by molar-refractivity contribution is -0.140. The molecular weight excluding hydrogens is 150 g/mol. The van der Waals surface area contributed by atoms with E-state index in [1.54, 1.807) is 0 Å². The van der Waals surface area contributed by atoms with Gasteiger partial charge in [0.25, 0.3) is 0 Å². The summed E-state index contributed by atoms with van der Waals surface area (Å²) in [5.41, 5.74) is 0. The summed E-state index contributed by atoms with van der Waals surface area (Å²) in [6.07, 6.45) is 0. The predicted molar refractivity (Wildman–Crippen MR) is 24.1 cm³/mol. The van der Waals surface area contributed by atoms with Crippen molar-refractivity contribution in [1.82, 2.24) is 0 Å². The van der Waals surface area contributed by atoms with Gasteiger partial charge in [-0.15, -0.1) is 0 Å². The number of halogens is 1. The minimum Gasteiger partial charge on any atom is -0.373 e. The fourth-order valence-corrected chi connectivity index (χ4v) is 0.164. The summed E-state index contributed by atoms with van der Waals surface area (Å²) in [7, 11) is 0. The van der Waals surface area contributed by atoms with Gasteiger partial charge >= 0.3 is 5.97 Å². The van der Waals surface area contributed by atoms with Crippen molar-refractivity contribution < 1.29 is 9.63 Å². The van der Waals surface area contributed by atoms with Gasteiger partial charge in [0, 0.05) is 0 Å². The lowest BCUT2D eigenvalue weighted by atomic mass is 10.8. The zero-order valence-electron chi connectivity index (χ0n) is 2.98. The third kappa shape index (κ3) is 2.17. The maximum absolute atomic E-state index is 9.79. The van der Waals surface area contributed by atoms with Crippen LogP contribution in [0.25, 0.3) is 0 Å². The van der Waals surface area contributed by atoms with E-state index in [0.29, 0.717) is 0 Å². The van der Waals surface area contributed by atoms with Gasteiger partial charge in [-0.1, -0.05) is 15.9 Å². The highest BCUT2D eigenvalue weighted by atomic mass is 79.9. The number of nitrogens with two attached hydrogens (primary N) is 1. The Balaban J connectivity index is 2.99. The average Bonchev–Trinajstić information content (AvgIpc) is 1.65. The highest BCUT2D eigenvalue weighted by molar-refractivity contribution is 9.09. The highest BCUT2D eigenvalue weighted by Gasteiger charge is 1.90. The van der Waals surface area contributed by atoms with Gasteiger partial charge in [0.2, 0.25) is 0 Å². The van der Waals surface area contributed by atoms with E-state index in [2.05, 4.69) is 26.7 Å². The van der Waals surface area contributed by atoms with E-state index in [0.717, 1.165) is 0 Å². The molecule has 2 N–H and O–H groups in total. The van der Waals surface area contributed by atoms with Crippen LogP contribution < -0.4 is 5.90 Å². The first-order valence-electron chi connectivity index (χ1n) is 1.26. The van der Waals surface area contributed by atoms with Crippen LogP contribution in [0.15, 0.2) is 0 Å². The minimum absolute atomic E-state index is 0.156. The van der Waals surface area contributed by atoms with Gasteiger partial charge in [-0.2, -0.15) is 5.90 Å². The second-order valence-electron chi connectivity index (χ2n) is 0.623. The third-order valence-electron chi connectivity index (χ3n) is 0.241. The van der Waals surface area contributed by atoms with Crippen LogP contribution in [0.3, 0.4) is 0 Å². The number of carbonyl (C=O) groups is 1. The van der Waals surface area contributed by atoms with Crippen molar-refractivity contribution in [3.63, 3.8) is 0 Å². The van der Waals surface area contributed by atoms with Crippen molar-refractivity contribution in [2.45, 2.75) is 0 Å². The Kier molecular flexibility index (Phi) is 3.07. The van der Waals surface area contributed by atoms with Crippen LogP contribution in [0.1, 0.15) is 0 Å². The Labute approximate surface area is 43.5 Å². The third-order valence-corrected chi connectivity index (χ3v) is 0.698. The molecule has 0 aromatic carbocycles. The van der Waals surface area contributed by atoms with E-state index in [9.17, 15) is 4.79 Å². The van der Waals surface area contributed by atoms with Crippen LogP contribution in [0.2, 0.25) is 0 Å². The van der Waals surface area contributed by atoms with Crippen molar-refractivity contribution in [3.8, 4) is 0 Å². The number of carbonyl (C=O) groups excluding carboxylic acids is 1. The van der Waals surface area contributed by atoms with Gasteiger partial charge < -0.3 is 4.84 Å². The Morgan fingerprint density at radius 1 is 2.00 bits per heavy atom. The maximum atomic E-state index is 9.79. The Bertz CT molecular complexity index is 49.5. The summed E-state index contributed by atoms with van der Waals surface area (Å²) in [5, 5.41) is 0.156. The molecule has 0 heterocycles. The van der Waals surface area contributed by atoms with Crippen LogP contribution in [-0.4, -0.2) is 11.3 Å². The Hall–Kier alpha value is -0.0900. The fraction of sp³-hybridized carbons (Fsp3) is 0.500. The number of hydrogen-bond donors (Lipinski definition) is 1. The second kappa shape index (κ2) is 3.11. The number of rotatable bonds is 1. The molecule has 0 aliphatic carbocycles. The molecule has 0 atom stereocenters. The summed E-state index contributed by atoms with van der Waals surface area (Å²) in [4.78, 5) is 13.5. The van der Waals surface area contributed by atoms with Crippen molar-refractivity contribution in [1.29, 1.82) is 0 Å². The van der Waals surface area contributed by atoms with Crippen LogP contribution in [0.5, 0.6) is 0 Å². The monoisotopic (exact) mass is 153 g/mol. The molecule has 0 bridgehead atoms. The summed E-state index contributed by atoms with van der Waals surface area (Å²) in [6.45, 7) is 0. The van der Waals surface area contributed by atoms with Gasteiger partial charge in [-0.25, -0.2) is 4.79 Å². The molecule has 3 nitrogen and oxygen atoms in total. The van der Waals surface area contributed by atoms with Crippen LogP contribution in [-0.2, 0) is 9.63 Å². The smallest absolute Gasteiger partial charge is 0.335 e. The SMILES string of the molecule is NOC(=O)CBr. The molecular formula is C2H4BrNO2. The molecule has 0 amide bonds. The fourth-order valence-electron chi connectivity index (χ4n) is 0.0315. The maximum Gasteiger partial charge on any atom is 0.335 e. The van der Waals surface area contributed by atoms with Crippen LogP contribution in [0.4, 0.5) is 0 Å². The summed E-state index contributed by atoms with van der Waals surface area (Å²) >= 11 is 2.82. The standard InChI is InChI=1S/C2H4BrNO2/c3-1-2(5)6-4/h1,4H2. The molecule has 4 heteroatoms. The molecule has 6 heavy (non-hydrogen) atoms. The average molecular weight is 154 g/mol. The summed E-state index contributed by atoms with van der Waals surface area (Å²) in [5.74, 6) is 3.94. The topological polar surface area (TPSA) is 52.3 Å². The van der Waals surface area contributed by atoms with E-state index in [1.807, 2.05) is 0 Å². The lowest BCUT2D eigenvalue weighted by Crippen LogP contribution is -2.09. The largest absolute Gasteiger partial charge is 0.373 e. The molecule has 0 radical (unpaired) electrons. The summed E-state index contributed by atoms with van der Waals surface area (Å²) in [6, 6.07) is 0. The molecule has 0 saturated heterocycles. The first-order valence-corrected chi connectivity index (χ1v) is 2.39. The Morgan fingerprint density at radius 3 is 2.50 bits per heavy atom. The lowest BCUT2D eigenvalue weighted by Gasteiger charge is -1.84.